The van der Waals surface area contributed by atoms with Crippen LogP contribution in [0.1, 0.15) is 11.4 Å². The summed E-state index contributed by atoms with van der Waals surface area (Å²) >= 11 is 5.89. The summed E-state index contributed by atoms with van der Waals surface area (Å²) in [6, 6.07) is 12.5. The molecule has 0 N–H and O–H groups in total. The van der Waals surface area contributed by atoms with Crippen LogP contribution in [0.4, 0.5) is 19.1 Å². The lowest BCUT2D eigenvalue weighted by Crippen LogP contribution is -2.49. The van der Waals surface area contributed by atoms with Gasteiger partial charge in [0.2, 0.25) is 11.8 Å². The van der Waals surface area contributed by atoms with Gasteiger partial charge in [0.1, 0.15) is 4.90 Å². The van der Waals surface area contributed by atoms with Gasteiger partial charge in [-0.15, -0.1) is 14.6 Å². The molecular weight excluding hydrogens is 481 g/mol. The minimum absolute atomic E-state index is 0.0469. The van der Waals surface area contributed by atoms with E-state index >= 15 is 0 Å². The van der Waals surface area contributed by atoms with Crippen molar-refractivity contribution in [2.45, 2.75) is 11.1 Å². The zero-order chi connectivity index (χ0) is 23.4. The highest BCUT2D eigenvalue weighted by molar-refractivity contribution is 7.90. The van der Waals surface area contributed by atoms with E-state index in [0.29, 0.717) is 42.6 Å². The summed E-state index contributed by atoms with van der Waals surface area (Å²) in [5.41, 5.74) is 0.754. The molecule has 13 heteroatoms. The molecule has 0 atom stereocenters. The van der Waals surface area contributed by atoms with Crippen LogP contribution in [0.5, 0.6) is 0 Å². The van der Waals surface area contributed by atoms with E-state index in [1.807, 2.05) is 4.90 Å². The topological polar surface area (TPSA) is 83.7 Å². The van der Waals surface area contributed by atoms with Crippen molar-refractivity contribution in [3.8, 4) is 5.69 Å². The van der Waals surface area contributed by atoms with Gasteiger partial charge in [0.25, 0.3) is 10.0 Å². The van der Waals surface area contributed by atoms with Crippen molar-refractivity contribution in [3.63, 3.8) is 0 Å². The predicted molar refractivity (Wildman–Crippen MR) is 115 cm³/mol. The molecule has 33 heavy (non-hydrogen) atoms. The number of aromatic nitrogens is 3. The van der Waals surface area contributed by atoms with Crippen LogP contribution < -0.4 is 4.90 Å². The molecule has 0 amide bonds. The van der Waals surface area contributed by atoms with Crippen LogP contribution in [0, 0.1) is 0 Å². The highest BCUT2D eigenvalue weighted by Gasteiger charge is 2.40. The summed E-state index contributed by atoms with van der Waals surface area (Å²) in [5.74, 6) is -0.742. The first-order chi connectivity index (χ1) is 15.6. The molecule has 3 heterocycles. The van der Waals surface area contributed by atoms with Gasteiger partial charge in [-0.05, 0) is 36.4 Å². The molecule has 2 aromatic carbocycles. The Morgan fingerprint density at radius 2 is 1.52 bits per heavy atom. The van der Waals surface area contributed by atoms with Crippen molar-refractivity contribution < 1.29 is 21.6 Å². The van der Waals surface area contributed by atoms with E-state index in [9.17, 15) is 21.6 Å². The number of benzene rings is 2. The Morgan fingerprint density at radius 1 is 0.879 bits per heavy atom. The first kappa shape index (κ1) is 21.7. The van der Waals surface area contributed by atoms with E-state index in [-0.39, 0.29) is 16.5 Å². The van der Waals surface area contributed by atoms with E-state index in [2.05, 4.69) is 14.6 Å². The number of hydrogen-bond acceptors (Lipinski definition) is 6. The van der Waals surface area contributed by atoms with Crippen LogP contribution in [-0.2, 0) is 16.2 Å². The number of fused-ring (bicyclic) bond motifs is 1. The van der Waals surface area contributed by atoms with Crippen molar-refractivity contribution in [1.29, 1.82) is 0 Å². The Balaban J connectivity index is 1.44. The SMILES string of the molecule is O=S1(=O)N=C(N2CCN(c3nnc(C(F)(F)F)n3-c3ccc(Cl)cc3)CC2)c2ccccc21. The third kappa shape index (κ3) is 3.82. The molecule has 0 radical (unpaired) electrons. The molecule has 2 aliphatic heterocycles. The largest absolute Gasteiger partial charge is 0.452 e. The number of anilines is 1. The Hall–Kier alpha value is -3.12. The molecule has 5 rings (SSSR count). The van der Waals surface area contributed by atoms with E-state index in [0.717, 1.165) is 4.57 Å². The summed E-state index contributed by atoms with van der Waals surface area (Å²) in [4.78, 5) is 3.65. The summed E-state index contributed by atoms with van der Waals surface area (Å²) in [6.45, 7) is 1.28. The van der Waals surface area contributed by atoms with E-state index in [1.165, 1.54) is 30.3 Å². The summed E-state index contributed by atoms with van der Waals surface area (Å²) in [7, 11) is -3.76. The highest BCUT2D eigenvalue weighted by atomic mass is 35.5. The first-order valence-electron chi connectivity index (χ1n) is 9.88. The number of rotatable bonds is 2. The van der Waals surface area contributed by atoms with E-state index in [1.54, 1.807) is 23.1 Å². The van der Waals surface area contributed by atoms with Crippen molar-refractivity contribution >= 4 is 33.4 Å². The molecule has 1 aromatic heterocycles. The summed E-state index contributed by atoms with van der Waals surface area (Å²) in [5, 5.41) is 7.62. The number of sulfonamides is 1. The fourth-order valence-electron chi connectivity index (χ4n) is 3.93. The number of amidine groups is 1. The van der Waals surface area contributed by atoms with Crippen LogP contribution in [0.15, 0.2) is 57.8 Å². The zero-order valence-electron chi connectivity index (χ0n) is 16.9. The van der Waals surface area contributed by atoms with Crippen molar-refractivity contribution in [2.75, 3.05) is 31.1 Å². The molecule has 0 unspecified atom stereocenters. The number of nitrogens with zero attached hydrogens (tertiary/aromatic N) is 6. The van der Waals surface area contributed by atoms with Gasteiger partial charge in [0, 0.05) is 36.8 Å². The van der Waals surface area contributed by atoms with Gasteiger partial charge in [-0.2, -0.15) is 21.6 Å². The second-order valence-corrected chi connectivity index (χ2v) is 9.50. The minimum atomic E-state index is -4.71. The third-order valence-corrected chi connectivity index (χ3v) is 7.04. The van der Waals surface area contributed by atoms with Gasteiger partial charge >= 0.3 is 6.18 Å². The average Bonchev–Trinajstić information content (AvgIpc) is 3.34. The molecule has 8 nitrogen and oxygen atoms in total. The fourth-order valence-corrected chi connectivity index (χ4v) is 5.28. The smallest absolute Gasteiger partial charge is 0.352 e. The van der Waals surface area contributed by atoms with Gasteiger partial charge in [0.05, 0.1) is 5.69 Å². The Kier molecular flexibility index (Phi) is 5.09. The highest BCUT2D eigenvalue weighted by Crippen LogP contribution is 2.34. The number of piperazine rings is 1. The van der Waals surface area contributed by atoms with Gasteiger partial charge in [0.15, 0.2) is 5.84 Å². The van der Waals surface area contributed by atoms with Crippen LogP contribution >= 0.6 is 11.6 Å². The third-order valence-electron chi connectivity index (χ3n) is 5.46. The molecular formula is C20H16ClF3N6O2S. The van der Waals surface area contributed by atoms with Crippen LogP contribution in [0.3, 0.4) is 0 Å². The Bertz CT molecular complexity index is 1350. The van der Waals surface area contributed by atoms with E-state index in [4.69, 9.17) is 11.6 Å². The van der Waals surface area contributed by atoms with Crippen LogP contribution in [-0.4, -0.2) is 60.1 Å². The maximum Gasteiger partial charge on any atom is 0.452 e. The summed E-state index contributed by atoms with van der Waals surface area (Å²) < 4.78 is 70.5. The molecule has 0 saturated carbocycles. The predicted octanol–water partition coefficient (Wildman–Crippen LogP) is 3.21. The molecule has 3 aromatic rings. The van der Waals surface area contributed by atoms with Gasteiger partial charge in [-0.25, -0.2) is 0 Å². The molecule has 0 bridgehead atoms. The lowest BCUT2D eigenvalue weighted by Gasteiger charge is -2.36. The molecule has 172 valence electrons. The fraction of sp³-hybridized carbons (Fsp3) is 0.250. The minimum Gasteiger partial charge on any atom is -0.352 e. The first-order valence-corrected chi connectivity index (χ1v) is 11.7. The monoisotopic (exact) mass is 496 g/mol. The van der Waals surface area contributed by atoms with Gasteiger partial charge < -0.3 is 9.80 Å². The lowest BCUT2D eigenvalue weighted by atomic mass is 10.1. The maximum atomic E-state index is 13.6. The average molecular weight is 497 g/mol. The van der Waals surface area contributed by atoms with Crippen LogP contribution in [0.2, 0.25) is 5.02 Å². The second kappa shape index (κ2) is 7.73. The van der Waals surface area contributed by atoms with Crippen LogP contribution in [0.25, 0.3) is 5.69 Å². The number of hydrogen-bond donors (Lipinski definition) is 0. The van der Waals surface area contributed by atoms with Crippen molar-refractivity contribution in [1.82, 2.24) is 19.7 Å². The molecule has 0 aliphatic carbocycles. The number of alkyl halides is 3. The standard InChI is InChI=1S/C20H16ClF3N6O2S/c21-13-5-7-14(8-6-13)30-18(20(22,23)24)25-26-19(30)29-11-9-28(10-12-29)17-15-3-1-2-4-16(15)33(31,32)27-17/h1-8H,9-12H2. The zero-order valence-corrected chi connectivity index (χ0v) is 18.4. The second-order valence-electron chi connectivity index (χ2n) is 7.49. The van der Waals surface area contributed by atoms with Gasteiger partial charge in [-0.3, -0.25) is 4.57 Å². The van der Waals surface area contributed by atoms with Crippen molar-refractivity contribution in [3.05, 3.63) is 64.9 Å². The normalized spacial score (nSPS) is 17.8. The molecule has 2 aliphatic rings. The van der Waals surface area contributed by atoms with Gasteiger partial charge in [-0.1, -0.05) is 23.7 Å². The molecule has 1 fully saturated rings. The Morgan fingerprint density at radius 3 is 2.18 bits per heavy atom. The maximum absolute atomic E-state index is 13.6. The van der Waals surface area contributed by atoms with E-state index < -0.39 is 22.0 Å². The molecule has 0 spiro atoms. The summed E-state index contributed by atoms with van der Waals surface area (Å²) in [6.07, 6.45) is -4.71. The molecule has 1 saturated heterocycles. The Labute approximate surface area is 192 Å². The number of halogens is 4. The quantitative estimate of drug-likeness (QED) is 0.542. The van der Waals surface area contributed by atoms with Crippen molar-refractivity contribution in [2.24, 2.45) is 4.40 Å². The lowest BCUT2D eigenvalue weighted by molar-refractivity contribution is -0.146.